The average molecular weight is 368 g/mol. The van der Waals surface area contributed by atoms with Crippen molar-refractivity contribution < 1.29 is 9.53 Å². The van der Waals surface area contributed by atoms with Crippen molar-refractivity contribution in [3.63, 3.8) is 0 Å². The number of hydrogen-bond acceptors (Lipinski definition) is 5. The van der Waals surface area contributed by atoms with Crippen molar-refractivity contribution in [1.29, 1.82) is 0 Å². The first-order chi connectivity index (χ1) is 12.8. The van der Waals surface area contributed by atoms with Crippen molar-refractivity contribution in [3.8, 4) is 16.9 Å². The highest BCUT2D eigenvalue weighted by Crippen LogP contribution is 2.35. The molecule has 0 unspecified atom stereocenters. The van der Waals surface area contributed by atoms with Gasteiger partial charge in [0.2, 0.25) is 0 Å². The minimum absolute atomic E-state index is 0.0330. The van der Waals surface area contributed by atoms with Crippen molar-refractivity contribution in [2.24, 2.45) is 11.5 Å². The Morgan fingerprint density at radius 1 is 1.15 bits per heavy atom. The highest BCUT2D eigenvalue weighted by atomic mass is 16.5. The lowest BCUT2D eigenvalue weighted by atomic mass is 9.95. The Balaban J connectivity index is 2.52. The largest absolute Gasteiger partial charge is 0.496 e. The molecule has 0 bridgehead atoms. The van der Waals surface area contributed by atoms with Crippen LogP contribution in [0.15, 0.2) is 36.0 Å². The molecule has 0 aliphatic heterocycles. The van der Waals surface area contributed by atoms with E-state index in [1.807, 2.05) is 45.0 Å². The first-order valence-electron chi connectivity index (χ1n) is 8.89. The maximum absolute atomic E-state index is 12.1. The van der Waals surface area contributed by atoms with Crippen molar-refractivity contribution in [2.75, 3.05) is 19.4 Å². The van der Waals surface area contributed by atoms with Crippen LogP contribution in [0.25, 0.3) is 16.8 Å². The molecule has 2 rings (SSSR count). The van der Waals surface area contributed by atoms with Gasteiger partial charge in [0.25, 0.3) is 5.91 Å². The zero-order chi connectivity index (χ0) is 20.1. The zero-order valence-electron chi connectivity index (χ0n) is 16.3. The highest BCUT2D eigenvalue weighted by Gasteiger charge is 2.16. The Morgan fingerprint density at radius 2 is 1.78 bits per heavy atom. The summed E-state index contributed by atoms with van der Waals surface area (Å²) in [5.74, 6) is 0.458. The van der Waals surface area contributed by atoms with Crippen LogP contribution in [0.5, 0.6) is 5.75 Å². The van der Waals surface area contributed by atoms with E-state index in [9.17, 15) is 4.79 Å². The van der Waals surface area contributed by atoms with Gasteiger partial charge in [-0.1, -0.05) is 25.1 Å². The van der Waals surface area contributed by atoms with E-state index < -0.39 is 5.91 Å². The van der Waals surface area contributed by atoms with Gasteiger partial charge in [-0.2, -0.15) is 0 Å². The second-order valence-corrected chi connectivity index (χ2v) is 6.49. The molecule has 0 spiro atoms. The number of hydrogen-bond donors (Lipinski definition) is 4. The number of benzene rings is 2. The summed E-state index contributed by atoms with van der Waals surface area (Å²) < 4.78 is 5.43. The summed E-state index contributed by atoms with van der Waals surface area (Å²) in [4.78, 5) is 12.1. The molecule has 27 heavy (non-hydrogen) atoms. The Kier molecular flexibility index (Phi) is 6.34. The molecular formula is C21H28N4O2. The lowest BCUT2D eigenvalue weighted by molar-refractivity contribution is -0.117. The zero-order valence-corrected chi connectivity index (χ0v) is 16.3. The second kappa shape index (κ2) is 8.49. The topological polar surface area (TPSA) is 116 Å². The van der Waals surface area contributed by atoms with Gasteiger partial charge in [-0.25, -0.2) is 0 Å². The number of nitrogens with one attached hydrogen (secondary N) is 1. The molecule has 2 aromatic rings. The number of nitrogen functional groups attached to an aromatic ring is 1. The predicted molar refractivity (Wildman–Crippen MR) is 111 cm³/mol. The van der Waals surface area contributed by atoms with Crippen molar-refractivity contribution in [3.05, 3.63) is 52.7 Å². The first kappa shape index (κ1) is 20.2. The molecule has 0 radical (unpaired) electrons. The van der Waals surface area contributed by atoms with Crippen LogP contribution >= 0.6 is 0 Å². The minimum atomic E-state index is -0.393. The molecule has 0 aliphatic rings. The van der Waals surface area contributed by atoms with E-state index in [-0.39, 0.29) is 11.4 Å². The number of carbonyl (C=O) groups is 1. The summed E-state index contributed by atoms with van der Waals surface area (Å²) in [7, 11) is 1.65. The number of amides is 1. The molecule has 1 amide bonds. The molecule has 0 saturated carbocycles. The summed E-state index contributed by atoms with van der Waals surface area (Å²) in [6.45, 7) is 6.47. The van der Waals surface area contributed by atoms with Gasteiger partial charge in [0.1, 0.15) is 11.4 Å². The first-order valence-corrected chi connectivity index (χ1v) is 8.89. The Bertz CT molecular complexity index is 865. The summed E-state index contributed by atoms with van der Waals surface area (Å²) in [6.07, 6.45) is 0.812. The number of ether oxygens (including phenoxy) is 1. The van der Waals surface area contributed by atoms with Gasteiger partial charge in [0.05, 0.1) is 12.8 Å². The SMILES string of the molecule is CCCNC(=O)/C(N)=C(\N)c1cccc(-c2cc(C)c(OC)c(C)c2)c1N. The Hall–Kier alpha value is -3.15. The lowest BCUT2D eigenvalue weighted by Crippen LogP contribution is -2.31. The Labute approximate surface area is 160 Å². The van der Waals surface area contributed by atoms with Crippen LogP contribution in [-0.4, -0.2) is 19.6 Å². The third-order valence-corrected chi connectivity index (χ3v) is 4.44. The van der Waals surface area contributed by atoms with Crippen LogP contribution in [0.4, 0.5) is 5.69 Å². The van der Waals surface area contributed by atoms with E-state index in [0.29, 0.717) is 17.8 Å². The molecule has 0 fully saturated rings. The molecule has 0 aliphatic carbocycles. The quantitative estimate of drug-likeness (QED) is 0.462. The fourth-order valence-electron chi connectivity index (χ4n) is 3.08. The molecule has 0 atom stereocenters. The van der Waals surface area contributed by atoms with Crippen molar-refractivity contribution in [1.82, 2.24) is 5.32 Å². The van der Waals surface area contributed by atoms with Crippen molar-refractivity contribution >= 4 is 17.3 Å². The van der Waals surface area contributed by atoms with Crippen LogP contribution in [-0.2, 0) is 4.79 Å². The monoisotopic (exact) mass is 368 g/mol. The summed E-state index contributed by atoms with van der Waals surface area (Å²) in [6, 6.07) is 9.55. The van der Waals surface area contributed by atoms with Gasteiger partial charge in [0, 0.05) is 23.4 Å². The van der Waals surface area contributed by atoms with Crippen LogP contribution in [0, 0.1) is 13.8 Å². The van der Waals surface area contributed by atoms with Gasteiger partial charge < -0.3 is 27.3 Å². The molecule has 2 aromatic carbocycles. The van der Waals surface area contributed by atoms with Gasteiger partial charge in [-0.05, 0) is 49.1 Å². The average Bonchev–Trinajstić information content (AvgIpc) is 2.64. The molecule has 6 heteroatoms. The normalized spacial score (nSPS) is 11.7. The maximum atomic E-state index is 12.1. The second-order valence-electron chi connectivity index (χ2n) is 6.49. The van der Waals surface area contributed by atoms with Gasteiger partial charge >= 0.3 is 0 Å². The fourth-order valence-corrected chi connectivity index (χ4v) is 3.08. The van der Waals surface area contributed by atoms with Crippen LogP contribution < -0.4 is 27.3 Å². The smallest absolute Gasteiger partial charge is 0.269 e. The summed E-state index contributed by atoms with van der Waals surface area (Å²) in [5.41, 5.74) is 23.5. The number of carbonyl (C=O) groups excluding carboxylic acids is 1. The van der Waals surface area contributed by atoms with Crippen LogP contribution in [0.2, 0.25) is 0 Å². The highest BCUT2D eigenvalue weighted by molar-refractivity contribution is 6.01. The van der Waals surface area contributed by atoms with E-state index in [2.05, 4.69) is 5.32 Å². The Morgan fingerprint density at radius 3 is 2.33 bits per heavy atom. The van der Waals surface area contributed by atoms with Crippen LogP contribution in [0.3, 0.4) is 0 Å². The van der Waals surface area contributed by atoms with Crippen LogP contribution in [0.1, 0.15) is 30.0 Å². The molecule has 7 N–H and O–H groups in total. The lowest BCUT2D eigenvalue weighted by Gasteiger charge is -2.16. The maximum Gasteiger partial charge on any atom is 0.269 e. The number of para-hydroxylation sites is 1. The van der Waals surface area contributed by atoms with E-state index >= 15 is 0 Å². The van der Waals surface area contributed by atoms with Gasteiger partial charge in [-0.3, -0.25) is 4.79 Å². The number of methoxy groups -OCH3 is 1. The third-order valence-electron chi connectivity index (χ3n) is 4.44. The molecule has 0 aromatic heterocycles. The molecule has 144 valence electrons. The molecule has 0 saturated heterocycles. The number of nitrogens with two attached hydrogens (primary N) is 3. The molecular weight excluding hydrogens is 340 g/mol. The fraction of sp³-hybridized carbons (Fsp3) is 0.286. The summed E-state index contributed by atoms with van der Waals surface area (Å²) in [5, 5.41) is 2.72. The standard InChI is InChI=1S/C21H28N4O2/c1-5-9-25-21(26)19(24)18(23)16-8-6-7-15(17(16)22)14-10-12(2)20(27-4)13(3)11-14/h6-8,10-11H,5,9,22-24H2,1-4H3,(H,25,26)/b19-18+. The number of anilines is 1. The van der Waals surface area contributed by atoms with E-state index in [1.165, 1.54) is 0 Å². The van der Waals surface area contributed by atoms with Gasteiger partial charge in [0.15, 0.2) is 0 Å². The van der Waals surface area contributed by atoms with Gasteiger partial charge in [-0.15, -0.1) is 0 Å². The predicted octanol–water partition coefficient (Wildman–Crippen LogP) is 2.67. The van der Waals surface area contributed by atoms with E-state index in [1.54, 1.807) is 13.2 Å². The third kappa shape index (κ3) is 4.16. The number of aryl methyl sites for hydroxylation is 2. The molecule has 6 nitrogen and oxygen atoms in total. The summed E-state index contributed by atoms with van der Waals surface area (Å²) >= 11 is 0. The van der Waals surface area contributed by atoms with Crippen molar-refractivity contribution in [2.45, 2.75) is 27.2 Å². The minimum Gasteiger partial charge on any atom is -0.496 e. The van der Waals surface area contributed by atoms with E-state index in [0.717, 1.165) is 34.4 Å². The van der Waals surface area contributed by atoms with E-state index in [4.69, 9.17) is 21.9 Å². The number of rotatable bonds is 6. The molecule has 0 heterocycles.